The maximum Gasteiger partial charge on any atom is 0.267 e. The molecular formula is C13H14F2N4O. The molecule has 0 amide bonds. The minimum atomic E-state index is -2.80. The van der Waals surface area contributed by atoms with E-state index in [1.165, 1.54) is 11.1 Å². The third-order valence-electron chi connectivity index (χ3n) is 3.68. The average Bonchev–Trinajstić information content (AvgIpc) is 2.74. The molecule has 3 rings (SSSR count). The van der Waals surface area contributed by atoms with E-state index in [1.54, 1.807) is 13.0 Å². The van der Waals surface area contributed by atoms with Gasteiger partial charge in [-0.15, -0.1) is 0 Å². The Hall–Kier alpha value is -2.05. The van der Waals surface area contributed by atoms with Crippen LogP contribution in [0.5, 0.6) is 0 Å². The lowest BCUT2D eigenvalue weighted by Crippen LogP contribution is -2.40. The molecule has 2 aliphatic rings. The summed E-state index contributed by atoms with van der Waals surface area (Å²) in [5.41, 5.74) is 7.08. The molecule has 2 N–H and O–H groups in total. The highest BCUT2D eigenvalue weighted by Crippen LogP contribution is 2.46. The molecule has 3 heterocycles. The molecule has 1 aromatic heterocycles. The van der Waals surface area contributed by atoms with Gasteiger partial charge in [-0.3, -0.25) is 9.78 Å². The standard InChI is InChI=1S/C13H14F2N4O/c1-2-11(20)8-3-7-9(5-17-8)18-12(16)19-6-13(14,15)4-10(7)19/h3,5,10H,2,4,6H2,1H3,(H2,16,18). The summed E-state index contributed by atoms with van der Waals surface area (Å²) in [6.07, 6.45) is 1.43. The van der Waals surface area contributed by atoms with Gasteiger partial charge < -0.3 is 10.6 Å². The number of halogens is 2. The van der Waals surface area contributed by atoms with Crippen LogP contribution in [0.3, 0.4) is 0 Å². The molecule has 5 nitrogen and oxygen atoms in total. The number of nitrogens with zero attached hydrogens (tertiary/aromatic N) is 3. The van der Waals surface area contributed by atoms with Gasteiger partial charge in [0.15, 0.2) is 11.7 Å². The maximum atomic E-state index is 13.6. The molecule has 2 aliphatic heterocycles. The Labute approximate surface area is 114 Å². The van der Waals surface area contributed by atoms with Crippen molar-refractivity contribution in [2.45, 2.75) is 31.7 Å². The van der Waals surface area contributed by atoms with Crippen molar-refractivity contribution in [3.05, 3.63) is 23.5 Å². The number of hydrogen-bond donors (Lipinski definition) is 1. The van der Waals surface area contributed by atoms with E-state index in [-0.39, 0.29) is 23.9 Å². The lowest BCUT2D eigenvalue weighted by molar-refractivity contribution is 0.0165. The molecular weight excluding hydrogens is 266 g/mol. The molecule has 106 valence electrons. The number of guanidine groups is 1. The number of rotatable bonds is 2. The topological polar surface area (TPSA) is 71.6 Å². The van der Waals surface area contributed by atoms with Crippen LogP contribution in [0.4, 0.5) is 14.5 Å². The van der Waals surface area contributed by atoms with Gasteiger partial charge in [-0.05, 0) is 6.07 Å². The number of pyridine rings is 1. The third-order valence-corrected chi connectivity index (χ3v) is 3.68. The van der Waals surface area contributed by atoms with Gasteiger partial charge in [-0.1, -0.05) is 6.92 Å². The number of aliphatic imine (C=N–C) groups is 1. The first kappa shape index (κ1) is 13.0. The van der Waals surface area contributed by atoms with Crippen molar-refractivity contribution in [1.82, 2.24) is 9.88 Å². The normalized spacial score (nSPS) is 23.1. The van der Waals surface area contributed by atoms with Gasteiger partial charge in [0.05, 0.1) is 24.5 Å². The lowest BCUT2D eigenvalue weighted by atomic mass is 10.00. The molecule has 0 radical (unpaired) electrons. The van der Waals surface area contributed by atoms with Crippen LogP contribution in [0.2, 0.25) is 0 Å². The fraction of sp³-hybridized carbons (Fsp3) is 0.462. The van der Waals surface area contributed by atoms with E-state index >= 15 is 0 Å². The van der Waals surface area contributed by atoms with Crippen LogP contribution in [0.15, 0.2) is 17.3 Å². The number of alkyl halides is 2. The van der Waals surface area contributed by atoms with E-state index in [2.05, 4.69) is 9.98 Å². The van der Waals surface area contributed by atoms with E-state index in [9.17, 15) is 13.6 Å². The second-order valence-electron chi connectivity index (χ2n) is 5.08. The summed E-state index contributed by atoms with van der Waals surface area (Å²) < 4.78 is 27.2. The lowest BCUT2D eigenvalue weighted by Gasteiger charge is -2.30. The van der Waals surface area contributed by atoms with Gasteiger partial charge in [0.25, 0.3) is 5.92 Å². The van der Waals surface area contributed by atoms with Crippen LogP contribution >= 0.6 is 0 Å². The summed E-state index contributed by atoms with van der Waals surface area (Å²) in [5, 5.41) is 0. The van der Waals surface area contributed by atoms with E-state index in [0.717, 1.165) is 0 Å². The number of fused-ring (bicyclic) bond motifs is 3. The molecule has 1 fully saturated rings. The van der Waals surface area contributed by atoms with E-state index in [0.29, 0.717) is 17.7 Å². The van der Waals surface area contributed by atoms with Crippen LogP contribution < -0.4 is 5.73 Å². The van der Waals surface area contributed by atoms with Crippen LogP contribution in [0.1, 0.15) is 41.9 Å². The Morgan fingerprint density at radius 2 is 2.35 bits per heavy atom. The second-order valence-corrected chi connectivity index (χ2v) is 5.08. The van der Waals surface area contributed by atoms with Crippen molar-refractivity contribution in [3.63, 3.8) is 0 Å². The Balaban J connectivity index is 2.08. The summed E-state index contributed by atoms with van der Waals surface area (Å²) in [4.78, 5) is 21.2. The van der Waals surface area contributed by atoms with Crippen LogP contribution in [-0.2, 0) is 0 Å². The van der Waals surface area contributed by atoms with Gasteiger partial charge in [0.2, 0.25) is 0 Å². The summed E-state index contributed by atoms with van der Waals surface area (Å²) in [6.45, 7) is 1.29. The fourth-order valence-electron chi connectivity index (χ4n) is 2.68. The number of carbonyl (C=O) groups is 1. The minimum absolute atomic E-state index is 0.0797. The highest BCUT2D eigenvalue weighted by molar-refractivity contribution is 5.95. The monoisotopic (exact) mass is 280 g/mol. The van der Waals surface area contributed by atoms with Gasteiger partial charge in [-0.25, -0.2) is 13.8 Å². The van der Waals surface area contributed by atoms with Crippen molar-refractivity contribution in [1.29, 1.82) is 0 Å². The van der Waals surface area contributed by atoms with Crippen molar-refractivity contribution in [3.8, 4) is 0 Å². The van der Waals surface area contributed by atoms with Crippen molar-refractivity contribution in [2.24, 2.45) is 10.7 Å². The molecule has 0 aromatic carbocycles. The number of aromatic nitrogens is 1. The van der Waals surface area contributed by atoms with Crippen molar-refractivity contribution < 1.29 is 13.6 Å². The zero-order valence-corrected chi connectivity index (χ0v) is 10.9. The number of hydrogen-bond acceptors (Lipinski definition) is 5. The SMILES string of the molecule is CCC(=O)c1cc2c(cn1)N=C(N)N1CC(F)(F)CC21. The zero-order valence-electron chi connectivity index (χ0n) is 10.9. The number of ketones is 1. The first-order chi connectivity index (χ1) is 9.41. The Bertz CT molecular complexity index is 614. The quantitative estimate of drug-likeness (QED) is 0.841. The molecule has 0 spiro atoms. The van der Waals surface area contributed by atoms with Crippen LogP contribution in [-0.4, -0.2) is 34.1 Å². The number of carbonyl (C=O) groups excluding carboxylic acids is 1. The highest BCUT2D eigenvalue weighted by Gasteiger charge is 2.48. The summed E-state index contributed by atoms with van der Waals surface area (Å²) >= 11 is 0. The van der Waals surface area contributed by atoms with Crippen molar-refractivity contribution in [2.75, 3.05) is 6.54 Å². The van der Waals surface area contributed by atoms with Crippen molar-refractivity contribution >= 4 is 17.4 Å². The van der Waals surface area contributed by atoms with E-state index < -0.39 is 18.5 Å². The first-order valence-corrected chi connectivity index (χ1v) is 6.43. The molecule has 0 bridgehead atoms. The maximum absolute atomic E-state index is 13.6. The van der Waals surface area contributed by atoms with Crippen LogP contribution in [0.25, 0.3) is 0 Å². The zero-order chi connectivity index (χ0) is 14.5. The average molecular weight is 280 g/mol. The molecule has 1 saturated heterocycles. The Kier molecular flexibility index (Phi) is 2.74. The molecule has 0 saturated carbocycles. The van der Waals surface area contributed by atoms with Crippen LogP contribution in [0, 0.1) is 0 Å². The molecule has 1 unspecified atom stereocenters. The predicted octanol–water partition coefficient (Wildman–Crippen LogP) is 2.02. The summed E-state index contributed by atoms with van der Waals surface area (Å²) in [7, 11) is 0. The largest absolute Gasteiger partial charge is 0.369 e. The Morgan fingerprint density at radius 1 is 1.60 bits per heavy atom. The predicted molar refractivity (Wildman–Crippen MR) is 69.2 cm³/mol. The van der Waals surface area contributed by atoms with Gasteiger partial charge >= 0.3 is 0 Å². The fourth-order valence-corrected chi connectivity index (χ4v) is 2.68. The summed E-state index contributed by atoms with van der Waals surface area (Å²) in [5.74, 6) is -2.84. The van der Waals surface area contributed by atoms with Gasteiger partial charge in [-0.2, -0.15) is 0 Å². The molecule has 1 aromatic rings. The Morgan fingerprint density at radius 3 is 3.05 bits per heavy atom. The second kappa shape index (κ2) is 4.22. The smallest absolute Gasteiger partial charge is 0.267 e. The molecule has 0 aliphatic carbocycles. The third kappa shape index (κ3) is 1.93. The first-order valence-electron chi connectivity index (χ1n) is 6.43. The molecule has 20 heavy (non-hydrogen) atoms. The number of Topliss-reactive ketones (excluding diaryl/α,β-unsaturated/α-hetero) is 1. The summed E-state index contributed by atoms with van der Waals surface area (Å²) in [6, 6.07) is 1.03. The van der Waals surface area contributed by atoms with Gasteiger partial charge in [0, 0.05) is 18.4 Å². The minimum Gasteiger partial charge on any atom is -0.369 e. The van der Waals surface area contributed by atoms with Gasteiger partial charge in [0.1, 0.15) is 5.69 Å². The molecule has 7 heteroatoms. The molecule has 1 atom stereocenters. The van der Waals surface area contributed by atoms with E-state index in [1.807, 2.05) is 0 Å². The number of nitrogens with two attached hydrogens (primary N) is 1. The van der Waals surface area contributed by atoms with E-state index in [4.69, 9.17) is 5.73 Å². The highest BCUT2D eigenvalue weighted by atomic mass is 19.3.